The molecular weight excluding hydrogens is 375 g/mol. The van der Waals surface area contributed by atoms with Gasteiger partial charge < -0.3 is 5.84 Å². The van der Waals surface area contributed by atoms with Crippen molar-refractivity contribution in [3.63, 3.8) is 0 Å². The summed E-state index contributed by atoms with van der Waals surface area (Å²) in [4.78, 5) is 0. The standard InChI is InChI=1S/C17H16ClFN6S/c1-11(12-6-8-14(19)9-7-12)21-22-16-23-24-17(25(16)20)26-10-13-4-2-3-5-15(13)18/h2-9H,10,20H2,1H3,(H,22,23)/b21-11+. The van der Waals surface area contributed by atoms with Gasteiger partial charge in [0.05, 0.1) is 5.71 Å². The number of nitrogens with zero attached hydrogens (tertiary/aromatic N) is 4. The maximum Gasteiger partial charge on any atom is 0.264 e. The van der Waals surface area contributed by atoms with Gasteiger partial charge in [-0.05, 0) is 36.2 Å². The first-order valence-corrected chi connectivity index (χ1v) is 9.04. The minimum absolute atomic E-state index is 0.295. The fourth-order valence-corrected chi connectivity index (χ4v) is 3.24. The molecule has 9 heteroatoms. The highest BCUT2D eigenvalue weighted by molar-refractivity contribution is 7.98. The maximum atomic E-state index is 13.0. The van der Waals surface area contributed by atoms with Crippen molar-refractivity contribution in [1.29, 1.82) is 0 Å². The molecule has 0 aliphatic rings. The van der Waals surface area contributed by atoms with Crippen molar-refractivity contribution >= 4 is 35.0 Å². The summed E-state index contributed by atoms with van der Waals surface area (Å²) in [7, 11) is 0. The first kappa shape index (κ1) is 18.2. The van der Waals surface area contributed by atoms with Crippen LogP contribution < -0.4 is 11.3 Å². The van der Waals surface area contributed by atoms with Crippen molar-refractivity contribution in [3.8, 4) is 0 Å². The quantitative estimate of drug-likeness (QED) is 0.288. The summed E-state index contributed by atoms with van der Waals surface area (Å²) in [5.74, 6) is 6.63. The number of halogens is 2. The minimum atomic E-state index is -0.295. The summed E-state index contributed by atoms with van der Waals surface area (Å²) in [5.41, 5.74) is 5.22. The van der Waals surface area contributed by atoms with E-state index in [0.29, 0.717) is 27.6 Å². The van der Waals surface area contributed by atoms with E-state index in [4.69, 9.17) is 17.4 Å². The van der Waals surface area contributed by atoms with Gasteiger partial charge in [-0.1, -0.05) is 53.7 Å². The summed E-state index contributed by atoms with van der Waals surface area (Å²) >= 11 is 7.56. The van der Waals surface area contributed by atoms with Crippen LogP contribution in [0.15, 0.2) is 58.8 Å². The summed E-state index contributed by atoms with van der Waals surface area (Å²) < 4.78 is 14.3. The Morgan fingerprint density at radius 2 is 1.96 bits per heavy atom. The number of anilines is 1. The number of nitrogens with two attached hydrogens (primary N) is 1. The molecule has 0 fully saturated rings. The van der Waals surface area contributed by atoms with E-state index in [9.17, 15) is 4.39 Å². The number of aromatic nitrogens is 3. The Morgan fingerprint density at radius 3 is 2.69 bits per heavy atom. The molecule has 3 aromatic rings. The Bertz CT molecular complexity index is 925. The molecule has 0 aliphatic heterocycles. The number of hydrazone groups is 1. The van der Waals surface area contributed by atoms with Crippen LogP contribution in [-0.2, 0) is 5.75 Å². The van der Waals surface area contributed by atoms with E-state index >= 15 is 0 Å². The zero-order valence-corrected chi connectivity index (χ0v) is 15.4. The van der Waals surface area contributed by atoms with Crippen molar-refractivity contribution in [2.24, 2.45) is 5.10 Å². The molecule has 0 amide bonds. The number of hydrogen-bond acceptors (Lipinski definition) is 6. The van der Waals surface area contributed by atoms with Crippen molar-refractivity contribution in [2.45, 2.75) is 17.8 Å². The predicted molar refractivity (Wildman–Crippen MR) is 103 cm³/mol. The second-order valence-corrected chi connectivity index (χ2v) is 6.72. The van der Waals surface area contributed by atoms with Crippen LogP contribution in [0.2, 0.25) is 5.02 Å². The third-order valence-corrected chi connectivity index (χ3v) is 4.93. The maximum absolute atomic E-state index is 13.0. The van der Waals surface area contributed by atoms with Crippen molar-refractivity contribution in [1.82, 2.24) is 14.9 Å². The van der Waals surface area contributed by atoms with Crippen molar-refractivity contribution in [2.75, 3.05) is 11.3 Å². The largest absolute Gasteiger partial charge is 0.334 e. The highest BCUT2D eigenvalue weighted by Gasteiger charge is 2.11. The summed E-state index contributed by atoms with van der Waals surface area (Å²) in [5, 5.41) is 13.5. The van der Waals surface area contributed by atoms with Crippen LogP contribution in [0.4, 0.5) is 10.3 Å². The van der Waals surface area contributed by atoms with Crippen molar-refractivity contribution < 1.29 is 4.39 Å². The van der Waals surface area contributed by atoms with Crippen LogP contribution in [0.1, 0.15) is 18.1 Å². The predicted octanol–water partition coefficient (Wildman–Crippen LogP) is 3.91. The number of hydrogen-bond donors (Lipinski definition) is 2. The summed E-state index contributed by atoms with van der Waals surface area (Å²) in [6.45, 7) is 1.80. The molecular formula is C17H16ClFN6S. The van der Waals surface area contributed by atoms with Crippen LogP contribution in [0, 0.1) is 5.82 Å². The molecule has 134 valence electrons. The van der Waals surface area contributed by atoms with Crippen molar-refractivity contribution in [3.05, 3.63) is 70.5 Å². The Kier molecular flexibility index (Phi) is 5.75. The topological polar surface area (TPSA) is 81.1 Å². The Labute approximate surface area is 159 Å². The Hall–Kier alpha value is -2.58. The van der Waals surface area contributed by atoms with E-state index in [1.165, 1.54) is 28.6 Å². The molecule has 3 rings (SSSR count). The molecule has 0 saturated carbocycles. The van der Waals surface area contributed by atoms with Gasteiger partial charge in [-0.15, -0.1) is 10.2 Å². The SMILES string of the molecule is C/C(=N\Nc1nnc(SCc2ccccc2Cl)n1N)c1ccc(F)cc1. The Balaban J connectivity index is 1.66. The highest BCUT2D eigenvalue weighted by atomic mass is 35.5. The zero-order chi connectivity index (χ0) is 18.5. The van der Waals surface area contributed by atoms with Gasteiger partial charge in [0, 0.05) is 10.8 Å². The molecule has 6 nitrogen and oxygen atoms in total. The molecule has 0 bridgehead atoms. The monoisotopic (exact) mass is 390 g/mol. The molecule has 0 atom stereocenters. The van der Waals surface area contributed by atoms with Gasteiger partial charge in [-0.3, -0.25) is 0 Å². The fourth-order valence-electron chi connectivity index (χ4n) is 2.10. The second-order valence-electron chi connectivity index (χ2n) is 5.37. The number of nitrogen functional groups attached to an aromatic ring is 1. The van der Waals surface area contributed by atoms with Gasteiger partial charge in [0.2, 0.25) is 5.16 Å². The van der Waals surface area contributed by atoms with Crippen LogP contribution in [0.5, 0.6) is 0 Å². The number of nitrogens with one attached hydrogen (secondary N) is 1. The molecule has 0 radical (unpaired) electrons. The van der Waals surface area contributed by atoms with Gasteiger partial charge in [-0.2, -0.15) is 5.10 Å². The third kappa shape index (κ3) is 4.33. The lowest BCUT2D eigenvalue weighted by Crippen LogP contribution is -2.13. The zero-order valence-electron chi connectivity index (χ0n) is 13.9. The van der Waals surface area contributed by atoms with E-state index in [-0.39, 0.29) is 5.82 Å². The molecule has 1 heterocycles. The highest BCUT2D eigenvalue weighted by Crippen LogP contribution is 2.25. The van der Waals surface area contributed by atoms with Crippen LogP contribution in [0.25, 0.3) is 0 Å². The van der Waals surface area contributed by atoms with Gasteiger partial charge in [0.1, 0.15) is 5.82 Å². The first-order chi connectivity index (χ1) is 12.5. The lowest BCUT2D eigenvalue weighted by atomic mass is 10.1. The summed E-state index contributed by atoms with van der Waals surface area (Å²) in [6, 6.07) is 13.6. The first-order valence-electron chi connectivity index (χ1n) is 7.67. The second kappa shape index (κ2) is 8.20. The minimum Gasteiger partial charge on any atom is -0.334 e. The molecule has 26 heavy (non-hydrogen) atoms. The van der Waals surface area contributed by atoms with Gasteiger partial charge in [-0.25, -0.2) is 14.5 Å². The van der Waals surface area contributed by atoms with Gasteiger partial charge in [0.15, 0.2) is 0 Å². The van der Waals surface area contributed by atoms with E-state index in [1.807, 2.05) is 24.3 Å². The van der Waals surface area contributed by atoms with Crippen LogP contribution in [-0.4, -0.2) is 20.6 Å². The number of rotatable bonds is 6. The molecule has 3 N–H and O–H groups in total. The molecule has 0 saturated heterocycles. The van der Waals surface area contributed by atoms with Gasteiger partial charge in [0.25, 0.3) is 5.95 Å². The normalized spacial score (nSPS) is 11.6. The van der Waals surface area contributed by atoms with E-state index in [0.717, 1.165) is 11.1 Å². The van der Waals surface area contributed by atoms with Crippen LogP contribution >= 0.6 is 23.4 Å². The number of benzene rings is 2. The van der Waals surface area contributed by atoms with Crippen LogP contribution in [0.3, 0.4) is 0 Å². The Morgan fingerprint density at radius 1 is 1.23 bits per heavy atom. The lowest BCUT2D eigenvalue weighted by Gasteiger charge is -2.05. The average molecular weight is 391 g/mol. The molecule has 1 aromatic heterocycles. The molecule has 0 aliphatic carbocycles. The molecule has 0 spiro atoms. The molecule has 2 aromatic carbocycles. The van der Waals surface area contributed by atoms with E-state index < -0.39 is 0 Å². The fraction of sp³-hybridized carbons (Fsp3) is 0.118. The molecule has 0 unspecified atom stereocenters. The number of thioether (sulfide) groups is 1. The lowest BCUT2D eigenvalue weighted by molar-refractivity contribution is 0.628. The third-order valence-electron chi connectivity index (χ3n) is 3.56. The van der Waals surface area contributed by atoms with E-state index in [2.05, 4.69) is 20.7 Å². The summed E-state index contributed by atoms with van der Waals surface area (Å²) in [6.07, 6.45) is 0. The van der Waals surface area contributed by atoms with Gasteiger partial charge >= 0.3 is 0 Å². The van der Waals surface area contributed by atoms with E-state index in [1.54, 1.807) is 19.1 Å². The average Bonchev–Trinajstić information content (AvgIpc) is 2.99. The smallest absolute Gasteiger partial charge is 0.264 e.